The Hall–Kier alpha value is -3.15. The Kier molecular flexibility index (Phi) is 10.5. The minimum absolute atomic E-state index is 0.0195. The van der Waals surface area contributed by atoms with E-state index in [-0.39, 0.29) is 36.2 Å². The maximum atomic E-state index is 13.1. The van der Waals surface area contributed by atoms with Crippen LogP contribution in [0.4, 0.5) is 5.13 Å². The first kappa shape index (κ1) is 32.1. The van der Waals surface area contributed by atoms with Crippen molar-refractivity contribution in [2.75, 3.05) is 32.7 Å². The fourth-order valence-corrected chi connectivity index (χ4v) is 5.22. The molecule has 1 fully saturated rings. The van der Waals surface area contributed by atoms with Crippen molar-refractivity contribution in [3.63, 3.8) is 0 Å². The number of esters is 1. The average Bonchev–Trinajstić information content (AvgIpc) is 3.27. The molecule has 2 atom stereocenters. The molecule has 17 heteroatoms. The van der Waals surface area contributed by atoms with E-state index in [0.717, 1.165) is 11.3 Å². The van der Waals surface area contributed by atoms with E-state index in [0.29, 0.717) is 4.31 Å². The Bertz CT molecular complexity index is 1210. The molecule has 1 saturated heterocycles. The first-order valence-corrected chi connectivity index (χ1v) is 13.8. The van der Waals surface area contributed by atoms with E-state index in [1.165, 1.54) is 47.1 Å². The lowest BCUT2D eigenvalue weighted by Crippen LogP contribution is -2.62. The number of oxime groups is 1. The maximum Gasteiger partial charge on any atom is 0.364 e. The SMILES string of the molecule is COCCOC(=O)C(C)(C)COS(=O)(=O)N1C(=O)[C@@H](CC(=O)/C(=N/OC(C)(C)OC=O)c2csc(N)n2)[C@@H]1C. The van der Waals surface area contributed by atoms with Crippen LogP contribution in [0.15, 0.2) is 10.5 Å². The van der Waals surface area contributed by atoms with Gasteiger partial charge in [-0.3, -0.25) is 23.4 Å². The van der Waals surface area contributed by atoms with Crippen molar-refractivity contribution in [2.24, 2.45) is 16.5 Å². The Morgan fingerprint density at radius 1 is 1.26 bits per heavy atom. The molecule has 0 aliphatic carbocycles. The van der Waals surface area contributed by atoms with E-state index in [2.05, 4.69) is 10.1 Å². The highest BCUT2D eigenvalue weighted by Gasteiger charge is 2.53. The van der Waals surface area contributed by atoms with Crippen LogP contribution in [0.2, 0.25) is 0 Å². The van der Waals surface area contributed by atoms with E-state index in [9.17, 15) is 27.6 Å². The highest BCUT2D eigenvalue weighted by molar-refractivity contribution is 7.85. The first-order valence-electron chi connectivity index (χ1n) is 11.6. The quantitative estimate of drug-likeness (QED) is 0.0533. The van der Waals surface area contributed by atoms with Gasteiger partial charge in [0.05, 0.1) is 30.6 Å². The number of hydrogen-bond donors (Lipinski definition) is 1. The second kappa shape index (κ2) is 12.8. The molecule has 39 heavy (non-hydrogen) atoms. The summed E-state index contributed by atoms with van der Waals surface area (Å²) in [6, 6.07) is -0.944. The van der Waals surface area contributed by atoms with Crippen molar-refractivity contribution in [1.29, 1.82) is 0 Å². The lowest BCUT2D eigenvalue weighted by atomic mass is 9.86. The molecule has 0 bridgehead atoms. The number of nitrogen functional groups attached to an aromatic ring is 1. The highest BCUT2D eigenvalue weighted by Crippen LogP contribution is 2.34. The normalized spacial score (nSPS) is 18.4. The molecule has 0 aromatic carbocycles. The van der Waals surface area contributed by atoms with Crippen molar-refractivity contribution in [3.05, 3.63) is 11.1 Å². The minimum atomic E-state index is -4.58. The number of rotatable bonds is 16. The summed E-state index contributed by atoms with van der Waals surface area (Å²) in [5, 5.41) is 5.37. The van der Waals surface area contributed by atoms with Gasteiger partial charge in [0.1, 0.15) is 12.3 Å². The van der Waals surface area contributed by atoms with Gasteiger partial charge in [-0.15, -0.1) is 11.3 Å². The van der Waals surface area contributed by atoms with Crippen LogP contribution in [-0.4, -0.2) is 86.3 Å². The number of thiazole rings is 1. The topological polar surface area (TPSA) is 203 Å². The Morgan fingerprint density at radius 2 is 1.92 bits per heavy atom. The van der Waals surface area contributed by atoms with Gasteiger partial charge in [-0.2, -0.15) is 8.42 Å². The first-order chi connectivity index (χ1) is 18.1. The molecule has 0 radical (unpaired) electrons. The zero-order chi connectivity index (χ0) is 29.6. The van der Waals surface area contributed by atoms with Crippen molar-refractivity contribution >= 4 is 56.6 Å². The summed E-state index contributed by atoms with van der Waals surface area (Å²) >= 11 is 1.03. The largest absolute Gasteiger partial charge is 0.463 e. The van der Waals surface area contributed by atoms with Gasteiger partial charge in [-0.25, -0.2) is 9.29 Å². The van der Waals surface area contributed by atoms with Gasteiger partial charge in [-0.1, -0.05) is 5.16 Å². The number of ketones is 1. The molecule has 15 nitrogen and oxygen atoms in total. The van der Waals surface area contributed by atoms with Gasteiger partial charge >= 0.3 is 16.3 Å². The number of anilines is 1. The Labute approximate surface area is 229 Å². The third kappa shape index (κ3) is 8.17. The monoisotopic (exact) mass is 592 g/mol. The molecule has 2 rings (SSSR count). The van der Waals surface area contributed by atoms with Gasteiger partial charge in [-0.05, 0) is 20.8 Å². The summed E-state index contributed by atoms with van der Waals surface area (Å²) in [6.07, 6.45) is -0.433. The van der Waals surface area contributed by atoms with E-state index in [1.54, 1.807) is 0 Å². The van der Waals surface area contributed by atoms with E-state index < -0.39 is 64.2 Å². The van der Waals surface area contributed by atoms with Gasteiger partial charge in [0.2, 0.25) is 5.91 Å². The second-order valence-corrected chi connectivity index (χ2v) is 11.9. The minimum Gasteiger partial charge on any atom is -0.463 e. The number of aromatic nitrogens is 1. The number of hydrogen-bond acceptors (Lipinski definition) is 15. The number of carbonyl (C=O) groups excluding carboxylic acids is 4. The molecule has 0 unspecified atom stereocenters. The van der Waals surface area contributed by atoms with Crippen LogP contribution in [-0.2, 0) is 52.7 Å². The molecule has 2 heterocycles. The fraction of sp³-hybridized carbons (Fsp3) is 0.636. The standard InChI is InChI=1S/C22H32N4O11S2/c1-13-14(9-16(28)17(15-10-38-20(23)24-15)25-37-22(4,5)35-12-27)18(29)26(13)39(31,32)36-11-21(2,3)19(30)34-8-7-33-6/h10,12-14H,7-9,11H2,1-6H3,(H2,23,24)/b25-17+/t13-,14-/m0/s1. The number of amides is 1. The molecule has 1 aliphatic heterocycles. The lowest BCUT2D eigenvalue weighted by molar-refractivity contribution is -0.203. The molecular weight excluding hydrogens is 560 g/mol. The molecule has 0 spiro atoms. The summed E-state index contributed by atoms with van der Waals surface area (Å²) in [6.45, 7) is 6.75. The zero-order valence-corrected chi connectivity index (χ0v) is 24.0. The fourth-order valence-electron chi connectivity index (χ4n) is 3.20. The maximum absolute atomic E-state index is 13.1. The van der Waals surface area contributed by atoms with Crippen LogP contribution in [0.3, 0.4) is 0 Å². The van der Waals surface area contributed by atoms with Crippen LogP contribution >= 0.6 is 11.3 Å². The summed E-state index contributed by atoms with van der Waals surface area (Å²) in [5.74, 6) is -4.81. The summed E-state index contributed by atoms with van der Waals surface area (Å²) in [5.41, 5.74) is 4.09. The lowest BCUT2D eigenvalue weighted by Gasteiger charge is -2.43. The van der Waals surface area contributed by atoms with Gasteiger partial charge in [0.25, 0.3) is 12.3 Å². The Morgan fingerprint density at radius 3 is 2.46 bits per heavy atom. The van der Waals surface area contributed by atoms with Crippen molar-refractivity contribution in [2.45, 2.75) is 52.9 Å². The summed E-state index contributed by atoms with van der Waals surface area (Å²) < 4.78 is 45.5. The number of Topliss-reactive ketones (excluding diaryl/α,β-unsaturated/α-hetero) is 1. The van der Waals surface area contributed by atoms with Crippen LogP contribution in [0, 0.1) is 11.3 Å². The molecule has 2 N–H and O–H groups in total. The number of carbonyl (C=O) groups is 4. The summed E-state index contributed by atoms with van der Waals surface area (Å²) in [4.78, 5) is 58.0. The molecule has 1 aliphatic rings. The van der Waals surface area contributed by atoms with E-state index in [4.69, 9.17) is 29.0 Å². The van der Waals surface area contributed by atoms with Crippen LogP contribution in [0.25, 0.3) is 0 Å². The number of β-lactam (4-membered cyclic amide) rings is 1. The van der Waals surface area contributed by atoms with Crippen LogP contribution < -0.4 is 5.73 Å². The van der Waals surface area contributed by atoms with Crippen LogP contribution in [0.1, 0.15) is 46.7 Å². The summed E-state index contributed by atoms with van der Waals surface area (Å²) in [7, 11) is -3.15. The molecule has 1 amide bonds. The molecule has 0 saturated carbocycles. The molecular formula is C22H32N4O11S2. The predicted octanol–water partition coefficient (Wildman–Crippen LogP) is 0.638. The highest BCUT2D eigenvalue weighted by atomic mass is 32.2. The third-order valence-electron chi connectivity index (χ3n) is 5.49. The van der Waals surface area contributed by atoms with Crippen LogP contribution in [0.5, 0.6) is 0 Å². The van der Waals surface area contributed by atoms with Crippen molar-refractivity contribution in [1.82, 2.24) is 9.29 Å². The molecule has 1 aromatic heterocycles. The smallest absolute Gasteiger partial charge is 0.364 e. The molecule has 218 valence electrons. The third-order valence-corrected chi connectivity index (χ3v) is 7.58. The predicted molar refractivity (Wildman–Crippen MR) is 136 cm³/mol. The van der Waals surface area contributed by atoms with Gasteiger partial charge in [0, 0.05) is 32.8 Å². The van der Waals surface area contributed by atoms with Crippen molar-refractivity contribution in [3.8, 4) is 0 Å². The van der Waals surface area contributed by atoms with E-state index >= 15 is 0 Å². The zero-order valence-electron chi connectivity index (χ0n) is 22.4. The average molecular weight is 593 g/mol. The van der Waals surface area contributed by atoms with E-state index in [1.807, 2.05) is 0 Å². The van der Waals surface area contributed by atoms with Gasteiger partial charge < -0.3 is 24.8 Å². The second-order valence-electron chi connectivity index (χ2n) is 9.56. The molecule has 1 aromatic rings. The Balaban J connectivity index is 2.10. The number of methoxy groups -OCH3 is 1. The number of nitrogens with two attached hydrogens (primary N) is 1. The number of nitrogens with zero attached hydrogens (tertiary/aromatic N) is 3. The van der Waals surface area contributed by atoms with Gasteiger partial charge in [0.15, 0.2) is 16.6 Å². The number of ether oxygens (including phenoxy) is 3. The van der Waals surface area contributed by atoms with Crippen molar-refractivity contribution < 1.29 is 50.8 Å².